The highest BCUT2D eigenvalue weighted by molar-refractivity contribution is 9.10. The quantitative estimate of drug-likeness (QED) is 0.557. The van der Waals surface area contributed by atoms with Gasteiger partial charge < -0.3 is 20.7 Å². The molecule has 160 valence electrons. The number of aromatic nitrogens is 1. The first-order chi connectivity index (χ1) is 15.0. The molecule has 0 bridgehead atoms. The first-order valence-electron chi connectivity index (χ1n) is 10.1. The monoisotopic (exact) mass is 482 g/mol. The van der Waals surface area contributed by atoms with Gasteiger partial charge in [0.1, 0.15) is 11.6 Å². The summed E-state index contributed by atoms with van der Waals surface area (Å²) >= 11 is 3.56. The van der Waals surface area contributed by atoms with E-state index in [4.69, 9.17) is 10.5 Å². The van der Waals surface area contributed by atoms with Crippen LogP contribution in [0.2, 0.25) is 0 Å². The van der Waals surface area contributed by atoms with Crippen LogP contribution >= 0.6 is 15.9 Å². The fourth-order valence-electron chi connectivity index (χ4n) is 3.73. The van der Waals surface area contributed by atoms with E-state index in [9.17, 15) is 9.59 Å². The smallest absolute Gasteiger partial charge is 0.262 e. The highest BCUT2D eigenvalue weighted by Crippen LogP contribution is 2.33. The van der Waals surface area contributed by atoms with Crippen LogP contribution in [0.5, 0.6) is 5.75 Å². The summed E-state index contributed by atoms with van der Waals surface area (Å²) in [5.74, 6) is 0.672. The lowest BCUT2D eigenvalue weighted by Crippen LogP contribution is -2.41. The van der Waals surface area contributed by atoms with Gasteiger partial charge in [0.15, 0.2) is 6.61 Å². The number of rotatable bonds is 6. The van der Waals surface area contributed by atoms with Crippen molar-refractivity contribution >= 4 is 50.0 Å². The molecular weight excluding hydrogens is 460 g/mol. The van der Waals surface area contributed by atoms with Gasteiger partial charge in [0, 0.05) is 13.1 Å². The number of halogens is 1. The number of nitrogens with zero attached hydrogens (tertiary/aromatic N) is 2. The Hall–Kier alpha value is -3.13. The Morgan fingerprint density at radius 3 is 2.81 bits per heavy atom. The summed E-state index contributed by atoms with van der Waals surface area (Å²) in [6.45, 7) is 1.28. The van der Waals surface area contributed by atoms with Crippen LogP contribution in [0.3, 0.4) is 0 Å². The third-order valence-electron chi connectivity index (χ3n) is 5.37. The van der Waals surface area contributed by atoms with Crippen LogP contribution < -0.4 is 20.7 Å². The van der Waals surface area contributed by atoms with Crippen molar-refractivity contribution in [1.29, 1.82) is 0 Å². The zero-order valence-corrected chi connectivity index (χ0v) is 18.5. The number of benzene rings is 2. The summed E-state index contributed by atoms with van der Waals surface area (Å²) < 4.78 is 6.52. The number of nitrogens with one attached hydrogen (secondary N) is 1. The van der Waals surface area contributed by atoms with Gasteiger partial charge in [0.25, 0.3) is 5.91 Å². The molecule has 1 unspecified atom stereocenters. The minimum Gasteiger partial charge on any atom is -0.483 e. The van der Waals surface area contributed by atoms with Gasteiger partial charge in [-0.1, -0.05) is 30.3 Å². The van der Waals surface area contributed by atoms with Gasteiger partial charge in [-0.25, -0.2) is 4.98 Å². The Kier molecular flexibility index (Phi) is 6.36. The molecule has 0 spiro atoms. The van der Waals surface area contributed by atoms with Crippen molar-refractivity contribution in [2.75, 3.05) is 29.9 Å². The maximum absolute atomic E-state index is 12.3. The molecule has 0 radical (unpaired) electrons. The molecule has 2 heterocycles. The molecule has 1 aromatic heterocycles. The predicted molar refractivity (Wildman–Crippen MR) is 124 cm³/mol. The van der Waals surface area contributed by atoms with Gasteiger partial charge in [-0.15, -0.1) is 0 Å². The lowest BCUT2D eigenvalue weighted by molar-refractivity contribution is -0.122. The molecule has 8 heteroatoms. The molecule has 4 rings (SSSR count). The molecule has 1 fully saturated rings. The van der Waals surface area contributed by atoms with Gasteiger partial charge in [-0.2, -0.15) is 0 Å². The number of ether oxygens (including phenoxy) is 1. The van der Waals surface area contributed by atoms with E-state index < -0.39 is 0 Å². The van der Waals surface area contributed by atoms with E-state index in [0.717, 1.165) is 40.4 Å². The van der Waals surface area contributed by atoms with Crippen LogP contribution in [0.15, 0.2) is 59.2 Å². The number of piperidine rings is 1. The molecule has 3 aromatic rings. The predicted octanol–water partition coefficient (Wildman–Crippen LogP) is 3.72. The highest BCUT2D eigenvalue weighted by atomic mass is 79.9. The van der Waals surface area contributed by atoms with E-state index in [2.05, 4.69) is 26.2 Å². The third kappa shape index (κ3) is 4.96. The molecule has 1 aliphatic rings. The average molecular weight is 483 g/mol. The van der Waals surface area contributed by atoms with E-state index in [1.807, 2.05) is 47.4 Å². The number of fused-ring (bicyclic) bond motifs is 1. The maximum Gasteiger partial charge on any atom is 0.262 e. The van der Waals surface area contributed by atoms with Gasteiger partial charge in [-0.05, 0) is 57.7 Å². The van der Waals surface area contributed by atoms with Crippen LogP contribution in [-0.2, 0) is 9.59 Å². The van der Waals surface area contributed by atoms with E-state index in [-0.39, 0.29) is 24.3 Å². The van der Waals surface area contributed by atoms with Crippen LogP contribution in [-0.4, -0.2) is 36.5 Å². The summed E-state index contributed by atoms with van der Waals surface area (Å²) in [5, 5.41) is 4.91. The second-order valence-corrected chi connectivity index (χ2v) is 8.32. The Bertz CT molecular complexity index is 1100. The van der Waals surface area contributed by atoms with E-state index in [1.54, 1.807) is 12.3 Å². The number of primary amides is 1. The molecule has 0 aliphatic carbocycles. The summed E-state index contributed by atoms with van der Waals surface area (Å²) in [7, 11) is 0. The lowest BCUT2D eigenvalue weighted by Gasteiger charge is -2.32. The number of hydrogen-bond acceptors (Lipinski definition) is 5. The minimum atomic E-state index is -0.277. The van der Waals surface area contributed by atoms with Gasteiger partial charge in [0.2, 0.25) is 5.91 Å². The first-order valence-corrected chi connectivity index (χ1v) is 10.9. The Balaban J connectivity index is 1.34. The second-order valence-electron chi connectivity index (χ2n) is 7.53. The van der Waals surface area contributed by atoms with Crippen LogP contribution in [0.4, 0.5) is 11.5 Å². The number of anilines is 2. The van der Waals surface area contributed by atoms with Crippen LogP contribution in [0.1, 0.15) is 12.8 Å². The fraction of sp³-hybridized carbons (Fsp3) is 0.261. The molecule has 7 nitrogen and oxygen atoms in total. The molecular formula is C23H23BrN4O3. The molecule has 2 amide bonds. The number of pyridine rings is 1. The zero-order valence-electron chi connectivity index (χ0n) is 16.9. The standard InChI is InChI=1S/C23H23BrN4O3/c24-22-18-6-2-1-4-15(18)7-9-19(22)31-14-21(29)27-17-8-10-20(26-12-17)28-11-3-5-16(13-28)23(25)30/h1-2,4,6-10,12,16H,3,5,11,13-14H2,(H2,25,30)(H,27,29). The normalized spacial score (nSPS) is 16.2. The Morgan fingerprint density at radius 1 is 1.19 bits per heavy atom. The summed E-state index contributed by atoms with van der Waals surface area (Å²) in [6.07, 6.45) is 3.32. The number of hydrogen-bond donors (Lipinski definition) is 2. The zero-order chi connectivity index (χ0) is 21.8. The van der Waals surface area contributed by atoms with Crippen molar-refractivity contribution in [3.63, 3.8) is 0 Å². The number of amides is 2. The van der Waals surface area contributed by atoms with Gasteiger partial charge >= 0.3 is 0 Å². The van der Waals surface area contributed by atoms with E-state index >= 15 is 0 Å². The van der Waals surface area contributed by atoms with Crippen LogP contribution in [0, 0.1) is 5.92 Å². The number of carbonyl (C=O) groups excluding carboxylic acids is 2. The van der Waals surface area contributed by atoms with Crippen molar-refractivity contribution in [3.8, 4) is 5.75 Å². The van der Waals surface area contributed by atoms with Crippen molar-refractivity contribution in [2.45, 2.75) is 12.8 Å². The van der Waals surface area contributed by atoms with Crippen molar-refractivity contribution in [2.24, 2.45) is 11.7 Å². The number of nitrogens with two attached hydrogens (primary N) is 1. The largest absolute Gasteiger partial charge is 0.483 e. The molecule has 0 saturated carbocycles. The SMILES string of the molecule is NC(=O)C1CCCN(c2ccc(NC(=O)COc3ccc4ccccc4c3Br)cn2)C1. The fourth-order valence-corrected chi connectivity index (χ4v) is 4.34. The Morgan fingerprint density at radius 2 is 2.03 bits per heavy atom. The van der Waals surface area contributed by atoms with E-state index in [1.165, 1.54) is 0 Å². The Labute approximate surface area is 188 Å². The summed E-state index contributed by atoms with van der Waals surface area (Å²) in [6, 6.07) is 15.4. The summed E-state index contributed by atoms with van der Waals surface area (Å²) in [4.78, 5) is 30.3. The number of carbonyl (C=O) groups is 2. The van der Waals surface area contributed by atoms with Crippen molar-refractivity contribution in [3.05, 3.63) is 59.2 Å². The first kappa shape index (κ1) is 21.1. The average Bonchev–Trinajstić information content (AvgIpc) is 2.79. The third-order valence-corrected chi connectivity index (χ3v) is 6.18. The maximum atomic E-state index is 12.3. The second kappa shape index (κ2) is 9.34. The molecule has 1 aliphatic heterocycles. The molecule has 3 N–H and O–H groups in total. The molecule has 2 aromatic carbocycles. The van der Waals surface area contributed by atoms with Crippen molar-refractivity contribution in [1.82, 2.24) is 4.98 Å². The topological polar surface area (TPSA) is 97.6 Å². The van der Waals surface area contributed by atoms with Gasteiger partial charge in [0.05, 0.1) is 22.3 Å². The molecule has 1 atom stereocenters. The molecule has 31 heavy (non-hydrogen) atoms. The van der Waals surface area contributed by atoms with Crippen LogP contribution in [0.25, 0.3) is 10.8 Å². The lowest BCUT2D eigenvalue weighted by atomic mass is 9.97. The highest BCUT2D eigenvalue weighted by Gasteiger charge is 2.24. The van der Waals surface area contributed by atoms with E-state index in [0.29, 0.717) is 18.0 Å². The van der Waals surface area contributed by atoms with Crippen molar-refractivity contribution < 1.29 is 14.3 Å². The summed E-state index contributed by atoms with van der Waals surface area (Å²) in [5.41, 5.74) is 6.03. The minimum absolute atomic E-state index is 0.120. The molecule has 1 saturated heterocycles. The van der Waals surface area contributed by atoms with Gasteiger partial charge in [-0.3, -0.25) is 9.59 Å².